The van der Waals surface area contributed by atoms with Gasteiger partial charge in [-0.3, -0.25) is 0 Å². The van der Waals surface area contributed by atoms with E-state index in [9.17, 15) is 13.2 Å². The topological polar surface area (TPSA) is 30.5 Å². The van der Waals surface area contributed by atoms with Gasteiger partial charge in [0.25, 0.3) is 0 Å². The molecule has 1 spiro atoms. The Labute approximate surface area is 117 Å². The number of ether oxygens (including phenoxy) is 2. The summed E-state index contributed by atoms with van der Waals surface area (Å²) in [5, 5.41) is 2.85. The second kappa shape index (κ2) is 5.46. The van der Waals surface area contributed by atoms with Gasteiger partial charge >= 0.3 is 6.18 Å². The number of hydrogen-bond acceptors (Lipinski definition) is 3. The third-order valence-corrected chi connectivity index (χ3v) is 4.99. The van der Waals surface area contributed by atoms with Crippen LogP contribution in [0.2, 0.25) is 0 Å². The lowest BCUT2D eigenvalue weighted by atomic mass is 9.78. The molecule has 0 saturated carbocycles. The molecule has 4 atom stereocenters. The summed E-state index contributed by atoms with van der Waals surface area (Å²) in [6, 6.07) is -1.36. The van der Waals surface area contributed by atoms with Gasteiger partial charge in [-0.15, -0.1) is 0 Å². The third kappa shape index (κ3) is 2.97. The van der Waals surface area contributed by atoms with Crippen LogP contribution in [-0.4, -0.2) is 43.7 Å². The van der Waals surface area contributed by atoms with Crippen LogP contribution in [-0.2, 0) is 9.47 Å². The highest BCUT2D eigenvalue weighted by molar-refractivity contribution is 4.96. The maximum Gasteiger partial charge on any atom is 0.403 e. The van der Waals surface area contributed by atoms with Crippen LogP contribution in [0.5, 0.6) is 0 Å². The molecule has 3 nitrogen and oxygen atoms in total. The molecule has 3 fully saturated rings. The highest BCUT2D eigenvalue weighted by Crippen LogP contribution is 2.39. The van der Waals surface area contributed by atoms with Gasteiger partial charge in [0.05, 0.1) is 12.2 Å². The minimum absolute atomic E-state index is 0.0308. The molecule has 3 rings (SSSR count). The molecule has 20 heavy (non-hydrogen) atoms. The van der Waals surface area contributed by atoms with Crippen molar-refractivity contribution < 1.29 is 22.6 Å². The van der Waals surface area contributed by atoms with Crippen molar-refractivity contribution in [3.8, 4) is 0 Å². The highest BCUT2D eigenvalue weighted by atomic mass is 19.4. The van der Waals surface area contributed by atoms with E-state index in [1.165, 1.54) is 0 Å². The van der Waals surface area contributed by atoms with Gasteiger partial charge in [0, 0.05) is 25.7 Å². The van der Waals surface area contributed by atoms with E-state index >= 15 is 0 Å². The molecule has 0 radical (unpaired) electrons. The number of piperidine rings is 1. The average molecular weight is 293 g/mol. The number of rotatable bonds is 1. The van der Waals surface area contributed by atoms with Crippen molar-refractivity contribution in [1.82, 2.24) is 5.32 Å². The molecule has 6 heteroatoms. The van der Waals surface area contributed by atoms with Crippen LogP contribution in [0.1, 0.15) is 38.5 Å². The second-order valence-corrected chi connectivity index (χ2v) is 6.39. The minimum atomic E-state index is -4.13. The highest BCUT2D eigenvalue weighted by Gasteiger charge is 2.47. The first-order chi connectivity index (χ1) is 9.49. The monoisotopic (exact) mass is 293 g/mol. The zero-order valence-electron chi connectivity index (χ0n) is 11.5. The molecule has 0 aliphatic carbocycles. The summed E-state index contributed by atoms with van der Waals surface area (Å²) < 4.78 is 49.9. The lowest BCUT2D eigenvalue weighted by Gasteiger charge is -2.43. The predicted molar refractivity (Wildman–Crippen MR) is 67.5 cm³/mol. The van der Waals surface area contributed by atoms with Crippen molar-refractivity contribution >= 4 is 0 Å². The fourth-order valence-electron chi connectivity index (χ4n) is 3.87. The number of alkyl halides is 3. The van der Waals surface area contributed by atoms with Gasteiger partial charge in [0.1, 0.15) is 6.04 Å². The van der Waals surface area contributed by atoms with E-state index in [-0.39, 0.29) is 24.0 Å². The number of nitrogens with one attached hydrogen (secondary N) is 1. The van der Waals surface area contributed by atoms with Gasteiger partial charge in [0.15, 0.2) is 0 Å². The van der Waals surface area contributed by atoms with Gasteiger partial charge in [-0.1, -0.05) is 0 Å². The maximum absolute atomic E-state index is 12.9. The summed E-state index contributed by atoms with van der Waals surface area (Å²) in [6.45, 7) is 1.94. The lowest BCUT2D eigenvalue weighted by Crippen LogP contribution is -2.55. The van der Waals surface area contributed by atoms with E-state index in [1.54, 1.807) is 0 Å². The van der Waals surface area contributed by atoms with E-state index in [4.69, 9.17) is 9.47 Å². The first kappa shape index (κ1) is 14.6. The smallest absolute Gasteiger partial charge is 0.378 e. The summed E-state index contributed by atoms with van der Waals surface area (Å²) in [4.78, 5) is 0. The normalized spacial score (nSPS) is 43.0. The van der Waals surface area contributed by atoms with Crippen LogP contribution in [0.3, 0.4) is 0 Å². The minimum Gasteiger partial charge on any atom is -0.378 e. The van der Waals surface area contributed by atoms with Crippen LogP contribution >= 0.6 is 0 Å². The molecule has 3 aliphatic heterocycles. The maximum atomic E-state index is 12.9. The van der Waals surface area contributed by atoms with E-state index in [2.05, 4.69) is 5.32 Å². The Morgan fingerprint density at radius 1 is 1.10 bits per heavy atom. The molecule has 4 unspecified atom stereocenters. The van der Waals surface area contributed by atoms with E-state index in [1.807, 2.05) is 0 Å². The standard InChI is InChI=1S/C14H22F3NO2/c15-14(16,17)12-3-1-2-11(18-12)10-4-6-20-13(8-10)5-7-19-9-13/h10-12,18H,1-9H2. The van der Waals surface area contributed by atoms with Gasteiger partial charge < -0.3 is 14.8 Å². The van der Waals surface area contributed by atoms with Crippen molar-refractivity contribution in [2.24, 2.45) is 5.92 Å². The fraction of sp³-hybridized carbons (Fsp3) is 1.00. The molecule has 1 N–H and O–H groups in total. The SMILES string of the molecule is FC(F)(F)C1CCCC(C2CCOC3(CCOC3)C2)N1. The number of hydrogen-bond donors (Lipinski definition) is 1. The third-order valence-electron chi connectivity index (χ3n) is 4.99. The van der Waals surface area contributed by atoms with Gasteiger partial charge in [0.2, 0.25) is 0 Å². The largest absolute Gasteiger partial charge is 0.403 e. The van der Waals surface area contributed by atoms with Crippen LogP contribution in [0, 0.1) is 5.92 Å². The molecule has 116 valence electrons. The van der Waals surface area contributed by atoms with Gasteiger partial charge in [-0.2, -0.15) is 13.2 Å². The Hall–Kier alpha value is -0.330. The molecule has 0 amide bonds. The molecule has 3 saturated heterocycles. The van der Waals surface area contributed by atoms with Crippen molar-refractivity contribution in [2.75, 3.05) is 19.8 Å². The zero-order valence-corrected chi connectivity index (χ0v) is 11.5. The Balaban J connectivity index is 1.63. The van der Waals surface area contributed by atoms with Gasteiger partial charge in [-0.25, -0.2) is 0 Å². The van der Waals surface area contributed by atoms with E-state index < -0.39 is 12.2 Å². The lowest BCUT2D eigenvalue weighted by molar-refractivity contribution is -0.167. The molecule has 3 aliphatic rings. The quantitative estimate of drug-likeness (QED) is 0.806. The molecule has 0 aromatic heterocycles. The van der Waals surface area contributed by atoms with Gasteiger partial charge in [-0.05, 0) is 38.0 Å². The predicted octanol–water partition coefficient (Wildman–Crippen LogP) is 2.65. The summed E-state index contributed by atoms with van der Waals surface area (Å²) in [5.74, 6) is 0.274. The molecule has 0 aromatic carbocycles. The second-order valence-electron chi connectivity index (χ2n) is 6.39. The summed E-state index contributed by atoms with van der Waals surface area (Å²) in [7, 11) is 0. The zero-order chi connectivity index (χ0) is 14.2. The first-order valence-electron chi connectivity index (χ1n) is 7.53. The van der Waals surface area contributed by atoms with E-state index in [0.29, 0.717) is 26.2 Å². The van der Waals surface area contributed by atoms with Crippen molar-refractivity contribution in [3.05, 3.63) is 0 Å². The Morgan fingerprint density at radius 3 is 2.65 bits per heavy atom. The molecular weight excluding hydrogens is 271 g/mol. The number of halogens is 3. The molecular formula is C14H22F3NO2. The van der Waals surface area contributed by atoms with Crippen molar-refractivity contribution in [1.29, 1.82) is 0 Å². The Bertz CT molecular complexity index is 342. The van der Waals surface area contributed by atoms with Crippen LogP contribution in [0.15, 0.2) is 0 Å². The van der Waals surface area contributed by atoms with E-state index in [0.717, 1.165) is 25.7 Å². The molecule has 0 aromatic rings. The Kier molecular flexibility index (Phi) is 3.99. The summed E-state index contributed by atoms with van der Waals surface area (Å²) in [6.07, 6.45) is 0.129. The average Bonchev–Trinajstić information content (AvgIpc) is 2.86. The van der Waals surface area contributed by atoms with Crippen LogP contribution < -0.4 is 5.32 Å². The fourth-order valence-corrected chi connectivity index (χ4v) is 3.87. The first-order valence-corrected chi connectivity index (χ1v) is 7.53. The summed E-state index contributed by atoms with van der Waals surface area (Å²) in [5.41, 5.74) is -0.226. The summed E-state index contributed by atoms with van der Waals surface area (Å²) >= 11 is 0. The van der Waals surface area contributed by atoms with Crippen molar-refractivity contribution in [3.63, 3.8) is 0 Å². The van der Waals surface area contributed by atoms with Crippen LogP contribution in [0.25, 0.3) is 0 Å². The van der Waals surface area contributed by atoms with Crippen LogP contribution in [0.4, 0.5) is 13.2 Å². The molecule has 0 bridgehead atoms. The van der Waals surface area contributed by atoms with Crippen molar-refractivity contribution in [2.45, 2.75) is 62.4 Å². The Morgan fingerprint density at radius 2 is 1.95 bits per heavy atom. The molecule has 3 heterocycles.